The van der Waals surface area contributed by atoms with Crippen molar-refractivity contribution in [1.82, 2.24) is 4.57 Å². The van der Waals surface area contributed by atoms with Crippen molar-refractivity contribution in [2.75, 3.05) is 0 Å². The van der Waals surface area contributed by atoms with Gasteiger partial charge in [0, 0.05) is 0 Å². The molecular formula is C26H23Cl2HfN. The van der Waals surface area contributed by atoms with Gasteiger partial charge in [-0.1, -0.05) is 0 Å². The molecule has 1 heterocycles. The Morgan fingerprint density at radius 2 is 1.70 bits per heavy atom. The maximum atomic E-state index is 2.68. The fourth-order valence-electron chi connectivity index (χ4n) is 5.18. The van der Waals surface area contributed by atoms with E-state index < -0.39 is 22.9 Å². The molecule has 3 aromatic rings. The average molecular weight is 599 g/mol. The summed E-state index contributed by atoms with van der Waals surface area (Å²) in [5.74, 6) is 0. The average Bonchev–Trinajstić information content (AvgIpc) is 3.45. The Morgan fingerprint density at radius 1 is 0.900 bits per heavy atom. The first kappa shape index (κ1) is 21.9. The van der Waals surface area contributed by atoms with Gasteiger partial charge >= 0.3 is 178 Å². The van der Waals surface area contributed by atoms with E-state index in [0.29, 0.717) is 3.67 Å². The van der Waals surface area contributed by atoms with Crippen LogP contribution in [-0.4, -0.2) is 4.57 Å². The quantitative estimate of drug-likeness (QED) is 0.388. The number of hydrogen-bond donors (Lipinski definition) is 0. The Kier molecular flexibility index (Phi) is 6.58. The minimum atomic E-state index is -1.00. The maximum absolute atomic E-state index is 2.68. The molecule has 0 saturated heterocycles. The van der Waals surface area contributed by atoms with E-state index in [0.717, 1.165) is 0 Å². The van der Waals surface area contributed by atoms with Crippen LogP contribution in [0.25, 0.3) is 22.7 Å². The number of rotatable bonds is 3. The summed E-state index contributed by atoms with van der Waals surface area (Å²) in [5.41, 5.74) is 9.24. The third-order valence-electron chi connectivity index (χ3n) is 6.44. The zero-order chi connectivity index (χ0) is 18.5. The Hall–Kier alpha value is -1.35. The number of aryl methyl sites for hydroxylation is 1. The van der Waals surface area contributed by atoms with E-state index in [-0.39, 0.29) is 24.8 Å². The summed E-state index contributed by atoms with van der Waals surface area (Å²) in [6.07, 6.45) is 15.8. The summed E-state index contributed by atoms with van der Waals surface area (Å²) < 4.78 is 5.08. The van der Waals surface area contributed by atoms with Crippen LogP contribution in [0, 0.1) is 0 Å². The molecule has 1 aromatic heterocycles. The number of aromatic nitrogens is 1. The molecule has 0 amide bonds. The van der Waals surface area contributed by atoms with Crippen molar-refractivity contribution in [2.45, 2.75) is 35.8 Å². The summed E-state index contributed by atoms with van der Waals surface area (Å²) >= 11 is -1.00. The van der Waals surface area contributed by atoms with Gasteiger partial charge in [-0.25, -0.2) is 0 Å². The van der Waals surface area contributed by atoms with Crippen molar-refractivity contribution in [2.24, 2.45) is 0 Å². The Bertz CT molecular complexity index is 1180. The number of allylic oxidation sites excluding steroid dienone is 5. The molecule has 0 saturated carbocycles. The number of nitrogens with zero attached hydrogens (tertiary/aromatic N) is 1. The Morgan fingerprint density at radius 3 is 2.57 bits per heavy atom. The van der Waals surface area contributed by atoms with E-state index in [1.165, 1.54) is 48.6 Å². The zero-order valence-electron chi connectivity index (χ0n) is 16.7. The standard InChI is InChI=1S/C21H18N.C5H5.2ClH.Hf/c1-2-8-16-14-17(13-15(16)7-1)22-20-11-5-3-9-18(20)19-10-4-6-12-21(19)22;1-2-4-5-3-1;;;/h1-3,5,7-9,11,13-14H,4,6,10,12H2;1-3H,4H2;2*1H;/q;;;;+2/p-2. The molecule has 30 heavy (non-hydrogen) atoms. The van der Waals surface area contributed by atoms with Crippen LogP contribution in [0.4, 0.5) is 0 Å². The van der Waals surface area contributed by atoms with Gasteiger partial charge in [0.1, 0.15) is 0 Å². The number of para-hydroxylation sites is 1. The minimum absolute atomic E-state index is 0. The van der Waals surface area contributed by atoms with Gasteiger partial charge in [-0.15, -0.1) is 0 Å². The van der Waals surface area contributed by atoms with Crippen LogP contribution in [0.5, 0.6) is 0 Å². The van der Waals surface area contributed by atoms with Gasteiger partial charge in [0.2, 0.25) is 0 Å². The van der Waals surface area contributed by atoms with Crippen LogP contribution in [-0.2, 0) is 35.7 Å². The number of benzene rings is 2. The first-order valence-electron chi connectivity index (χ1n) is 10.4. The zero-order valence-corrected chi connectivity index (χ0v) is 21.8. The van der Waals surface area contributed by atoms with Crippen molar-refractivity contribution in [3.63, 3.8) is 0 Å². The first-order valence-corrected chi connectivity index (χ1v) is 14.3. The second-order valence-corrected chi connectivity index (χ2v) is 13.5. The van der Waals surface area contributed by atoms with Gasteiger partial charge in [-0.05, 0) is 0 Å². The number of fused-ring (bicyclic) bond motifs is 4. The van der Waals surface area contributed by atoms with Gasteiger partial charge < -0.3 is 24.8 Å². The van der Waals surface area contributed by atoms with Crippen molar-refractivity contribution in [3.8, 4) is 0 Å². The normalized spacial score (nSPS) is 18.6. The molecule has 150 valence electrons. The molecule has 3 aliphatic rings. The molecule has 4 heteroatoms. The summed E-state index contributed by atoms with van der Waals surface area (Å²) in [5, 5.41) is 1.49. The largest absolute Gasteiger partial charge is 1.00 e. The van der Waals surface area contributed by atoms with Crippen LogP contribution in [0.2, 0.25) is 0 Å². The van der Waals surface area contributed by atoms with Crippen LogP contribution < -0.4 is 24.8 Å². The monoisotopic (exact) mass is 599 g/mol. The van der Waals surface area contributed by atoms with Crippen molar-refractivity contribution < 1.29 is 47.7 Å². The number of halogens is 2. The first-order chi connectivity index (χ1) is 13.9. The topological polar surface area (TPSA) is 4.93 Å². The molecule has 6 rings (SSSR count). The van der Waals surface area contributed by atoms with Gasteiger partial charge in [0.25, 0.3) is 0 Å². The SMILES string of the molecule is C1=CC[C]([Hf+2][CH]2C(n3c4c(c5ccccc53)CCCC4)=Cc3ccccc32)=C1.[Cl-].[Cl-]. The van der Waals surface area contributed by atoms with Gasteiger partial charge in [-0.2, -0.15) is 0 Å². The fourth-order valence-corrected chi connectivity index (χ4v) is 10.9. The van der Waals surface area contributed by atoms with Gasteiger partial charge in [0.15, 0.2) is 0 Å². The molecule has 0 bridgehead atoms. The third kappa shape index (κ3) is 3.51. The molecule has 0 aliphatic heterocycles. The molecule has 1 atom stereocenters. The molecule has 2 aromatic carbocycles. The predicted molar refractivity (Wildman–Crippen MR) is 114 cm³/mol. The van der Waals surface area contributed by atoms with E-state index in [2.05, 4.69) is 77.4 Å². The Labute approximate surface area is 202 Å². The molecule has 1 nitrogen and oxygen atoms in total. The molecule has 0 fully saturated rings. The van der Waals surface area contributed by atoms with E-state index in [1.54, 1.807) is 25.8 Å². The van der Waals surface area contributed by atoms with Crippen molar-refractivity contribution in [1.29, 1.82) is 0 Å². The van der Waals surface area contributed by atoms with E-state index >= 15 is 0 Å². The summed E-state index contributed by atoms with van der Waals surface area (Å²) in [6, 6.07) is 18.3. The van der Waals surface area contributed by atoms with Crippen molar-refractivity contribution in [3.05, 3.63) is 92.5 Å². The second-order valence-electron chi connectivity index (χ2n) is 8.08. The summed E-state index contributed by atoms with van der Waals surface area (Å²) in [4.78, 5) is 0. The minimum Gasteiger partial charge on any atom is -1.00 e. The van der Waals surface area contributed by atoms with Crippen molar-refractivity contribution >= 4 is 22.7 Å². The maximum Gasteiger partial charge on any atom is -1.00 e. The van der Waals surface area contributed by atoms with Crippen LogP contribution in [0.1, 0.15) is 45.3 Å². The van der Waals surface area contributed by atoms with Crippen LogP contribution in [0.15, 0.2) is 70.1 Å². The van der Waals surface area contributed by atoms with E-state index in [4.69, 9.17) is 0 Å². The van der Waals surface area contributed by atoms with Crippen LogP contribution >= 0.6 is 0 Å². The summed E-state index contributed by atoms with van der Waals surface area (Å²) in [7, 11) is 0. The van der Waals surface area contributed by atoms with Crippen LogP contribution in [0.3, 0.4) is 0 Å². The third-order valence-corrected chi connectivity index (χ3v) is 12.3. The van der Waals surface area contributed by atoms with Gasteiger partial charge in [-0.3, -0.25) is 0 Å². The fraction of sp³-hybridized carbons (Fsp3) is 0.231. The molecule has 3 aliphatic carbocycles. The molecule has 1 unspecified atom stereocenters. The molecular weight excluding hydrogens is 576 g/mol. The smallest absolute Gasteiger partial charge is 1.00 e. The van der Waals surface area contributed by atoms with E-state index in [9.17, 15) is 0 Å². The molecule has 0 spiro atoms. The van der Waals surface area contributed by atoms with E-state index in [1.807, 2.05) is 0 Å². The summed E-state index contributed by atoms with van der Waals surface area (Å²) in [6.45, 7) is 0. The van der Waals surface area contributed by atoms with Gasteiger partial charge in [0.05, 0.1) is 0 Å². The number of hydrogen-bond acceptors (Lipinski definition) is 0. The molecule has 0 N–H and O–H groups in total. The second kappa shape index (κ2) is 9.02. The predicted octanol–water partition coefficient (Wildman–Crippen LogP) is 0.507. The Balaban J connectivity index is 0.00000109. The molecule has 0 radical (unpaired) electrons.